The number of alkyl halides is 3. The minimum atomic E-state index is -4.14. The van der Waals surface area contributed by atoms with Crippen molar-refractivity contribution >= 4 is 5.91 Å². The quantitative estimate of drug-likeness (QED) is 0.822. The van der Waals surface area contributed by atoms with E-state index in [0.717, 1.165) is 19.3 Å². The first-order valence-electron chi connectivity index (χ1n) is 7.43. The van der Waals surface area contributed by atoms with Crippen LogP contribution in [-0.2, 0) is 4.79 Å². The first-order chi connectivity index (χ1) is 9.38. The number of carbonyl (C=O) groups excluding carboxylic acids is 1. The molecule has 0 saturated heterocycles. The van der Waals surface area contributed by atoms with E-state index in [2.05, 4.69) is 5.32 Å². The fraction of sp³-hybridized carbons (Fsp3) is 0.929. The van der Waals surface area contributed by atoms with Crippen LogP contribution < -0.4 is 5.32 Å². The van der Waals surface area contributed by atoms with Crippen LogP contribution in [0.3, 0.4) is 0 Å². The molecule has 0 radical (unpaired) electrons. The van der Waals surface area contributed by atoms with Crippen LogP contribution in [0.25, 0.3) is 0 Å². The predicted octanol–water partition coefficient (Wildman–Crippen LogP) is 2.77. The summed E-state index contributed by atoms with van der Waals surface area (Å²) in [5, 5.41) is 12.6. The van der Waals surface area contributed by atoms with Gasteiger partial charge < -0.3 is 10.4 Å². The van der Waals surface area contributed by atoms with Gasteiger partial charge in [0.05, 0.1) is 18.1 Å². The largest absolute Gasteiger partial charge is 0.391 e. The van der Waals surface area contributed by atoms with Gasteiger partial charge in [-0.1, -0.05) is 12.8 Å². The number of rotatable bonds is 2. The van der Waals surface area contributed by atoms with Crippen molar-refractivity contribution in [2.45, 2.75) is 69.7 Å². The standard InChI is InChI=1S/C14H22F3NO2/c15-14(16,17)10-7-5-9(6-8-10)13(20)18-11-3-1-2-4-12(11)19/h9-12,19H,1-8H2,(H,18,20)/t9?,10?,11-,12-/m0/s1. The zero-order valence-corrected chi connectivity index (χ0v) is 11.5. The van der Waals surface area contributed by atoms with Gasteiger partial charge in [-0.25, -0.2) is 0 Å². The third-order valence-electron chi connectivity index (χ3n) is 4.62. The van der Waals surface area contributed by atoms with Crippen molar-refractivity contribution in [3.63, 3.8) is 0 Å². The van der Waals surface area contributed by atoms with Gasteiger partial charge >= 0.3 is 6.18 Å². The molecule has 0 aromatic rings. The Morgan fingerprint density at radius 1 is 1.00 bits per heavy atom. The second kappa shape index (κ2) is 6.33. The molecule has 0 heterocycles. The van der Waals surface area contributed by atoms with Gasteiger partial charge in [0.2, 0.25) is 5.91 Å². The summed E-state index contributed by atoms with van der Waals surface area (Å²) < 4.78 is 37.7. The molecule has 2 aliphatic carbocycles. The number of aliphatic hydroxyl groups excluding tert-OH is 1. The first-order valence-corrected chi connectivity index (χ1v) is 7.43. The average molecular weight is 293 g/mol. The summed E-state index contributed by atoms with van der Waals surface area (Å²) in [7, 11) is 0. The molecule has 0 bridgehead atoms. The van der Waals surface area contributed by atoms with E-state index in [1.54, 1.807) is 0 Å². The second-order valence-electron chi connectivity index (χ2n) is 6.06. The summed E-state index contributed by atoms with van der Waals surface area (Å²) in [5.74, 6) is -1.77. The highest BCUT2D eigenvalue weighted by molar-refractivity contribution is 5.79. The Bertz CT molecular complexity index is 338. The van der Waals surface area contributed by atoms with Crippen molar-refractivity contribution < 1.29 is 23.1 Å². The number of hydrogen-bond acceptors (Lipinski definition) is 2. The molecule has 0 aliphatic heterocycles. The smallest absolute Gasteiger partial charge is 0.391 e. The topological polar surface area (TPSA) is 49.3 Å². The van der Waals surface area contributed by atoms with Crippen LogP contribution in [0.2, 0.25) is 0 Å². The van der Waals surface area contributed by atoms with Crippen molar-refractivity contribution in [1.29, 1.82) is 0 Å². The highest BCUT2D eigenvalue weighted by atomic mass is 19.4. The lowest BCUT2D eigenvalue weighted by Gasteiger charge is -2.32. The minimum absolute atomic E-state index is 0.0365. The van der Waals surface area contributed by atoms with Crippen molar-refractivity contribution in [3.8, 4) is 0 Å². The molecule has 0 aromatic heterocycles. The Kier molecular flexibility index (Phi) is 4.94. The van der Waals surface area contributed by atoms with E-state index in [-0.39, 0.29) is 30.7 Å². The number of nitrogens with one attached hydrogen (secondary N) is 1. The molecule has 0 unspecified atom stereocenters. The van der Waals surface area contributed by atoms with Crippen LogP contribution in [-0.4, -0.2) is 29.3 Å². The molecule has 1 amide bonds. The molecule has 2 aliphatic rings. The van der Waals surface area contributed by atoms with Crippen molar-refractivity contribution in [1.82, 2.24) is 5.32 Å². The summed E-state index contributed by atoms with van der Waals surface area (Å²) in [4.78, 5) is 12.1. The Morgan fingerprint density at radius 2 is 1.60 bits per heavy atom. The third-order valence-corrected chi connectivity index (χ3v) is 4.62. The monoisotopic (exact) mass is 293 g/mol. The number of aliphatic hydroxyl groups is 1. The highest BCUT2D eigenvalue weighted by Crippen LogP contribution is 2.39. The normalized spacial score (nSPS) is 35.6. The summed E-state index contributed by atoms with van der Waals surface area (Å²) in [6.45, 7) is 0. The zero-order valence-electron chi connectivity index (χ0n) is 11.5. The van der Waals surface area contributed by atoms with Crippen molar-refractivity contribution in [2.24, 2.45) is 11.8 Å². The molecule has 20 heavy (non-hydrogen) atoms. The second-order valence-corrected chi connectivity index (χ2v) is 6.06. The number of amides is 1. The first kappa shape index (κ1) is 15.6. The average Bonchev–Trinajstić information content (AvgIpc) is 2.40. The molecular formula is C14H22F3NO2. The highest BCUT2D eigenvalue weighted by Gasteiger charge is 2.42. The van der Waals surface area contributed by atoms with Crippen LogP contribution in [0, 0.1) is 11.8 Å². The van der Waals surface area contributed by atoms with Crippen LogP contribution >= 0.6 is 0 Å². The Labute approximate surface area is 116 Å². The Morgan fingerprint density at radius 3 is 2.15 bits per heavy atom. The van der Waals surface area contributed by atoms with Gasteiger partial charge in [0.15, 0.2) is 0 Å². The van der Waals surface area contributed by atoms with E-state index < -0.39 is 18.2 Å². The fourth-order valence-electron chi connectivity index (χ4n) is 3.26. The summed E-state index contributed by atoms with van der Waals surface area (Å²) in [6, 6.07) is -0.225. The maximum Gasteiger partial charge on any atom is 0.391 e. The Hall–Kier alpha value is -0.780. The van der Waals surface area contributed by atoms with Gasteiger partial charge in [-0.2, -0.15) is 13.2 Å². The summed E-state index contributed by atoms with van der Waals surface area (Å²) in [5.41, 5.74) is 0. The van der Waals surface area contributed by atoms with E-state index in [4.69, 9.17) is 0 Å². The van der Waals surface area contributed by atoms with Gasteiger partial charge in [-0.3, -0.25) is 4.79 Å². The summed E-state index contributed by atoms with van der Waals surface area (Å²) in [6.07, 6.45) is -0.620. The molecule has 2 saturated carbocycles. The molecule has 3 nitrogen and oxygen atoms in total. The van der Waals surface area contributed by atoms with Crippen LogP contribution in [0.5, 0.6) is 0 Å². The number of hydrogen-bond donors (Lipinski definition) is 2. The zero-order chi connectivity index (χ0) is 14.8. The van der Waals surface area contributed by atoms with Gasteiger partial charge in [0.25, 0.3) is 0 Å². The molecule has 116 valence electrons. The lowest BCUT2D eigenvalue weighted by Crippen LogP contribution is -2.47. The predicted molar refractivity (Wildman–Crippen MR) is 67.9 cm³/mol. The maximum absolute atomic E-state index is 12.6. The third kappa shape index (κ3) is 3.87. The lowest BCUT2D eigenvalue weighted by atomic mass is 9.81. The van der Waals surface area contributed by atoms with Crippen LogP contribution in [0.4, 0.5) is 13.2 Å². The van der Waals surface area contributed by atoms with Crippen LogP contribution in [0.15, 0.2) is 0 Å². The van der Waals surface area contributed by atoms with E-state index in [0.29, 0.717) is 19.3 Å². The minimum Gasteiger partial charge on any atom is -0.391 e. The number of carbonyl (C=O) groups is 1. The van der Waals surface area contributed by atoms with E-state index >= 15 is 0 Å². The molecule has 2 atom stereocenters. The molecule has 6 heteroatoms. The summed E-state index contributed by atoms with van der Waals surface area (Å²) >= 11 is 0. The molecule has 0 spiro atoms. The molecule has 2 fully saturated rings. The van der Waals surface area contributed by atoms with Gasteiger partial charge in [0.1, 0.15) is 0 Å². The van der Waals surface area contributed by atoms with Crippen molar-refractivity contribution in [2.75, 3.05) is 0 Å². The molecule has 2 N–H and O–H groups in total. The maximum atomic E-state index is 12.6. The molecule has 0 aromatic carbocycles. The molecular weight excluding hydrogens is 271 g/mol. The number of halogens is 3. The lowest BCUT2D eigenvalue weighted by molar-refractivity contribution is -0.184. The van der Waals surface area contributed by atoms with E-state index in [1.165, 1.54) is 0 Å². The van der Waals surface area contributed by atoms with Gasteiger partial charge in [-0.05, 0) is 38.5 Å². The van der Waals surface area contributed by atoms with Gasteiger partial charge in [-0.15, -0.1) is 0 Å². The van der Waals surface area contributed by atoms with Crippen molar-refractivity contribution in [3.05, 3.63) is 0 Å². The molecule has 2 rings (SSSR count). The fourth-order valence-corrected chi connectivity index (χ4v) is 3.26. The van der Waals surface area contributed by atoms with E-state index in [1.807, 2.05) is 0 Å². The van der Waals surface area contributed by atoms with Crippen LogP contribution in [0.1, 0.15) is 51.4 Å². The van der Waals surface area contributed by atoms with E-state index in [9.17, 15) is 23.1 Å². The van der Waals surface area contributed by atoms with Gasteiger partial charge in [0, 0.05) is 5.92 Å². The SMILES string of the molecule is O=C(N[C@H]1CCCC[C@@H]1O)C1CCC(C(F)(F)F)CC1. The Balaban J connectivity index is 1.80.